The van der Waals surface area contributed by atoms with Crippen LogP contribution in [0.15, 0.2) is 48.9 Å². The number of piperidine rings is 1. The highest BCUT2D eigenvalue weighted by Crippen LogP contribution is 2.50. The molecule has 168 valence electrons. The quantitative estimate of drug-likeness (QED) is 0.438. The summed E-state index contributed by atoms with van der Waals surface area (Å²) in [7, 11) is 0. The van der Waals surface area contributed by atoms with E-state index in [0.29, 0.717) is 21.4 Å². The Hall–Kier alpha value is -2.87. The Morgan fingerprint density at radius 3 is 2.70 bits per heavy atom. The molecule has 1 fully saturated rings. The minimum Gasteiger partial charge on any atom is -0.398 e. The monoisotopic (exact) mass is 479 g/mol. The molecule has 9 heteroatoms. The summed E-state index contributed by atoms with van der Waals surface area (Å²) in [6, 6.07) is 11.6. The average Bonchev–Trinajstić information content (AvgIpc) is 3.40. The van der Waals surface area contributed by atoms with Crippen molar-refractivity contribution in [3.8, 4) is 11.1 Å². The van der Waals surface area contributed by atoms with Crippen molar-refractivity contribution in [3.63, 3.8) is 0 Å². The largest absolute Gasteiger partial charge is 0.398 e. The number of hydrogen-bond acceptors (Lipinski definition) is 6. The molecular weight excluding hydrogens is 457 g/mol. The molecule has 0 bridgehead atoms. The zero-order chi connectivity index (χ0) is 22.7. The first-order valence-electron chi connectivity index (χ1n) is 11.0. The van der Waals surface area contributed by atoms with Crippen LogP contribution in [0.4, 0.5) is 11.5 Å². The van der Waals surface area contributed by atoms with Gasteiger partial charge in [-0.15, -0.1) is 10.2 Å². The van der Waals surface area contributed by atoms with Crippen molar-refractivity contribution in [2.45, 2.75) is 25.3 Å². The van der Waals surface area contributed by atoms with Gasteiger partial charge >= 0.3 is 0 Å². The van der Waals surface area contributed by atoms with Gasteiger partial charge in [0.15, 0.2) is 5.65 Å². The van der Waals surface area contributed by atoms with Crippen LogP contribution in [0.5, 0.6) is 0 Å². The Balaban J connectivity index is 1.34. The summed E-state index contributed by atoms with van der Waals surface area (Å²) in [5, 5.41) is 9.46. The fourth-order valence-electron chi connectivity index (χ4n) is 5.52. The zero-order valence-electron chi connectivity index (χ0n) is 17.9. The smallest absolute Gasteiger partial charge is 0.172 e. The van der Waals surface area contributed by atoms with E-state index >= 15 is 0 Å². The number of nitrogens with zero attached hydrogens (tertiary/aromatic N) is 5. The van der Waals surface area contributed by atoms with E-state index in [0.717, 1.165) is 55.0 Å². The molecule has 1 aromatic carbocycles. The average molecular weight is 480 g/mol. The van der Waals surface area contributed by atoms with Crippen molar-refractivity contribution in [3.05, 3.63) is 70.2 Å². The molecule has 2 aliphatic rings. The molecule has 1 saturated heterocycles. The summed E-state index contributed by atoms with van der Waals surface area (Å²) in [5.41, 5.74) is 18.4. The van der Waals surface area contributed by atoms with Gasteiger partial charge in [0.25, 0.3) is 0 Å². The third-order valence-corrected chi connectivity index (χ3v) is 8.15. The molecule has 4 N–H and O–H groups in total. The number of nitrogens with two attached hydrogens (primary N) is 2. The Labute approximate surface area is 201 Å². The predicted molar refractivity (Wildman–Crippen MR) is 132 cm³/mol. The minimum absolute atomic E-state index is 0.0238. The number of halogens is 2. The van der Waals surface area contributed by atoms with E-state index in [1.54, 1.807) is 12.4 Å². The summed E-state index contributed by atoms with van der Waals surface area (Å²) in [6.45, 7) is 1.73. The van der Waals surface area contributed by atoms with Gasteiger partial charge in [0.1, 0.15) is 12.1 Å². The van der Waals surface area contributed by atoms with Crippen LogP contribution in [-0.2, 0) is 6.42 Å². The van der Waals surface area contributed by atoms with E-state index in [2.05, 4.69) is 26.1 Å². The number of nitrogen functional groups attached to an aromatic ring is 1. The van der Waals surface area contributed by atoms with Crippen LogP contribution in [-0.4, -0.2) is 32.7 Å². The Kier molecular flexibility index (Phi) is 4.76. The lowest BCUT2D eigenvalue weighted by molar-refractivity contribution is 0.186. The van der Waals surface area contributed by atoms with Crippen molar-refractivity contribution in [1.29, 1.82) is 0 Å². The van der Waals surface area contributed by atoms with Crippen LogP contribution in [0.2, 0.25) is 10.0 Å². The van der Waals surface area contributed by atoms with Crippen LogP contribution in [0.3, 0.4) is 0 Å². The SMILES string of the molecule is Nc1cc(N2CCC3(CC2)Cc2ncccc2C3N)n2cnnc2c1-c1cccc(Cl)c1Cl. The standard InChI is InChI=1S/C24H23Cl2N7/c25-16-5-1-3-15(21(16)26)20-17(27)11-19(33-13-30-31-23(20)33)32-9-6-24(7-10-32)12-18-14(22(24)28)4-2-8-29-18/h1-5,8,11,13,22H,6-7,9-10,12,27-28H2. The fraction of sp³-hybridized carbons (Fsp3) is 0.292. The fourth-order valence-corrected chi connectivity index (χ4v) is 5.92. The molecule has 1 unspecified atom stereocenters. The van der Waals surface area contributed by atoms with Crippen LogP contribution < -0.4 is 16.4 Å². The van der Waals surface area contributed by atoms with Crippen molar-refractivity contribution in [2.24, 2.45) is 11.1 Å². The molecule has 6 rings (SSSR count). The molecule has 1 spiro atoms. The second-order valence-electron chi connectivity index (χ2n) is 9.00. The minimum atomic E-state index is 0.0238. The molecule has 3 aromatic heterocycles. The van der Waals surface area contributed by atoms with Gasteiger partial charge in [0.05, 0.1) is 15.6 Å². The van der Waals surface area contributed by atoms with Gasteiger partial charge in [-0.2, -0.15) is 0 Å². The maximum Gasteiger partial charge on any atom is 0.172 e. The molecule has 33 heavy (non-hydrogen) atoms. The first-order chi connectivity index (χ1) is 16.0. The lowest BCUT2D eigenvalue weighted by Gasteiger charge is -2.43. The number of rotatable bonds is 2. The normalized spacial score (nSPS) is 19.4. The van der Waals surface area contributed by atoms with Crippen LogP contribution in [0.25, 0.3) is 16.8 Å². The van der Waals surface area contributed by atoms with E-state index in [4.69, 9.17) is 34.7 Å². The van der Waals surface area contributed by atoms with Crippen LogP contribution in [0.1, 0.15) is 30.1 Å². The third-order valence-electron chi connectivity index (χ3n) is 7.34. The lowest BCUT2D eigenvalue weighted by Crippen LogP contribution is -2.44. The first-order valence-corrected chi connectivity index (χ1v) is 11.7. The van der Waals surface area contributed by atoms with Gasteiger partial charge in [0, 0.05) is 48.3 Å². The molecule has 0 saturated carbocycles. The molecule has 4 heterocycles. The van der Waals surface area contributed by atoms with E-state index in [1.165, 1.54) is 5.56 Å². The second kappa shape index (κ2) is 7.58. The number of anilines is 2. The number of benzene rings is 1. The number of hydrogen-bond donors (Lipinski definition) is 2. The van der Waals surface area contributed by atoms with E-state index in [-0.39, 0.29) is 11.5 Å². The second-order valence-corrected chi connectivity index (χ2v) is 9.79. The number of pyridine rings is 2. The molecule has 0 amide bonds. The number of aromatic nitrogens is 4. The molecule has 1 aliphatic heterocycles. The predicted octanol–water partition coefficient (Wildman–Crippen LogP) is 4.52. The third kappa shape index (κ3) is 3.10. The molecule has 7 nitrogen and oxygen atoms in total. The van der Waals surface area contributed by atoms with Gasteiger partial charge in [-0.3, -0.25) is 9.38 Å². The molecule has 1 aliphatic carbocycles. The highest BCUT2D eigenvalue weighted by molar-refractivity contribution is 6.44. The van der Waals surface area contributed by atoms with Gasteiger partial charge in [0.2, 0.25) is 0 Å². The molecule has 4 aromatic rings. The summed E-state index contributed by atoms with van der Waals surface area (Å²) in [6.07, 6.45) is 6.48. The molecular formula is C24H23Cl2N7. The zero-order valence-corrected chi connectivity index (χ0v) is 19.4. The first kappa shape index (κ1) is 20.7. The van der Waals surface area contributed by atoms with E-state index < -0.39 is 0 Å². The molecule has 0 radical (unpaired) electrons. The number of fused-ring (bicyclic) bond motifs is 2. The van der Waals surface area contributed by atoms with Crippen molar-refractivity contribution >= 4 is 40.4 Å². The summed E-state index contributed by atoms with van der Waals surface area (Å²) < 4.78 is 1.98. The van der Waals surface area contributed by atoms with Crippen LogP contribution >= 0.6 is 23.2 Å². The van der Waals surface area contributed by atoms with Gasteiger partial charge in [-0.1, -0.05) is 41.4 Å². The van der Waals surface area contributed by atoms with Gasteiger partial charge in [-0.25, -0.2) is 0 Å². The Morgan fingerprint density at radius 1 is 1.09 bits per heavy atom. The van der Waals surface area contributed by atoms with Crippen molar-refractivity contribution in [2.75, 3.05) is 23.7 Å². The highest BCUT2D eigenvalue weighted by Gasteiger charge is 2.46. The van der Waals surface area contributed by atoms with Crippen molar-refractivity contribution in [1.82, 2.24) is 19.6 Å². The highest BCUT2D eigenvalue weighted by atomic mass is 35.5. The summed E-state index contributed by atoms with van der Waals surface area (Å²) in [5.74, 6) is 0.964. The maximum atomic E-state index is 6.72. The topological polar surface area (TPSA) is 98.4 Å². The maximum absolute atomic E-state index is 6.72. The van der Waals surface area contributed by atoms with Gasteiger partial charge in [-0.05, 0) is 42.4 Å². The lowest BCUT2D eigenvalue weighted by atomic mass is 9.73. The Bertz CT molecular complexity index is 1370. The Morgan fingerprint density at radius 2 is 1.91 bits per heavy atom. The van der Waals surface area contributed by atoms with Crippen molar-refractivity contribution < 1.29 is 0 Å². The summed E-state index contributed by atoms with van der Waals surface area (Å²) >= 11 is 12.8. The van der Waals surface area contributed by atoms with Gasteiger partial charge < -0.3 is 16.4 Å². The van der Waals surface area contributed by atoms with E-state index in [9.17, 15) is 0 Å². The summed E-state index contributed by atoms with van der Waals surface area (Å²) in [4.78, 5) is 6.92. The van der Waals surface area contributed by atoms with E-state index in [1.807, 2.05) is 34.9 Å². The molecule has 1 atom stereocenters. The van der Waals surface area contributed by atoms with Crippen LogP contribution in [0, 0.1) is 5.41 Å².